The molecule has 0 spiro atoms. The fraction of sp³-hybridized carbons (Fsp3) is 0.0526. The van der Waals surface area contributed by atoms with E-state index in [1.165, 1.54) is 0 Å². The first-order valence-corrected chi connectivity index (χ1v) is 7.43. The number of aryl methyl sites for hydroxylation is 1. The Morgan fingerprint density at radius 2 is 1.83 bits per heavy atom. The summed E-state index contributed by atoms with van der Waals surface area (Å²) in [6, 6.07) is 15.9. The van der Waals surface area contributed by atoms with Gasteiger partial charge in [-0.2, -0.15) is 0 Å². The minimum Gasteiger partial charge on any atom is -0.463 e. The second kappa shape index (κ2) is 4.43. The molecule has 0 aliphatic carbocycles. The van der Waals surface area contributed by atoms with E-state index in [0.717, 1.165) is 44.4 Å². The molecule has 1 aromatic carbocycles. The van der Waals surface area contributed by atoms with Gasteiger partial charge in [-0.3, -0.25) is 0 Å². The predicted molar refractivity (Wildman–Crippen MR) is 89.3 cm³/mol. The van der Waals surface area contributed by atoms with Crippen LogP contribution in [0.1, 0.15) is 5.69 Å². The maximum atomic E-state index is 6.04. The van der Waals surface area contributed by atoms with Crippen molar-refractivity contribution < 1.29 is 8.83 Å². The van der Waals surface area contributed by atoms with Crippen molar-refractivity contribution in [3.8, 4) is 11.3 Å². The van der Waals surface area contributed by atoms with Gasteiger partial charge in [0, 0.05) is 28.1 Å². The van der Waals surface area contributed by atoms with Gasteiger partial charge in [-0.05, 0) is 37.3 Å². The molecule has 0 radical (unpaired) electrons. The summed E-state index contributed by atoms with van der Waals surface area (Å²) < 4.78 is 11.4. The van der Waals surface area contributed by atoms with Crippen molar-refractivity contribution in [2.24, 2.45) is 0 Å². The van der Waals surface area contributed by atoms with Crippen molar-refractivity contribution in [1.82, 2.24) is 9.97 Å². The van der Waals surface area contributed by atoms with E-state index >= 15 is 0 Å². The third-order valence-electron chi connectivity index (χ3n) is 4.09. The third-order valence-corrected chi connectivity index (χ3v) is 4.09. The normalized spacial score (nSPS) is 11.7. The van der Waals surface area contributed by atoms with E-state index in [9.17, 15) is 0 Å². The number of para-hydroxylation sites is 1. The van der Waals surface area contributed by atoms with Gasteiger partial charge in [-0.25, -0.2) is 9.97 Å². The Bertz CT molecular complexity index is 1180. The average Bonchev–Trinajstić information content (AvgIpc) is 3.17. The minimum atomic E-state index is 0.664. The molecule has 0 atom stereocenters. The summed E-state index contributed by atoms with van der Waals surface area (Å²) in [5.74, 6) is 0. The molecule has 4 heterocycles. The number of hydrogen-bond donors (Lipinski definition) is 0. The van der Waals surface area contributed by atoms with E-state index < -0.39 is 0 Å². The summed E-state index contributed by atoms with van der Waals surface area (Å²) in [7, 11) is 0. The van der Waals surface area contributed by atoms with E-state index in [4.69, 9.17) is 8.83 Å². The third kappa shape index (κ3) is 1.78. The summed E-state index contributed by atoms with van der Waals surface area (Å²) >= 11 is 0. The van der Waals surface area contributed by atoms with Crippen molar-refractivity contribution in [3.63, 3.8) is 0 Å². The van der Waals surface area contributed by atoms with Crippen LogP contribution < -0.4 is 0 Å². The van der Waals surface area contributed by atoms with Crippen molar-refractivity contribution in [1.29, 1.82) is 0 Å². The van der Waals surface area contributed by atoms with E-state index in [-0.39, 0.29) is 0 Å². The van der Waals surface area contributed by atoms with Crippen molar-refractivity contribution >= 4 is 33.2 Å². The number of pyridine rings is 2. The zero-order valence-corrected chi connectivity index (χ0v) is 12.4. The second-order valence-electron chi connectivity index (χ2n) is 5.59. The quantitative estimate of drug-likeness (QED) is 0.432. The molecule has 4 nitrogen and oxygen atoms in total. The number of benzene rings is 1. The van der Waals surface area contributed by atoms with E-state index in [0.29, 0.717) is 5.71 Å². The Labute approximate surface area is 131 Å². The minimum absolute atomic E-state index is 0.664. The van der Waals surface area contributed by atoms with E-state index in [1.54, 1.807) is 6.26 Å². The van der Waals surface area contributed by atoms with Crippen molar-refractivity contribution in [3.05, 3.63) is 60.5 Å². The largest absolute Gasteiger partial charge is 0.463 e. The Morgan fingerprint density at radius 3 is 2.78 bits per heavy atom. The lowest BCUT2D eigenvalue weighted by atomic mass is 10.1. The molecular formula is C19H12N2O2. The Morgan fingerprint density at radius 1 is 0.870 bits per heavy atom. The molecular weight excluding hydrogens is 288 g/mol. The number of nitrogens with zero attached hydrogens (tertiary/aromatic N) is 2. The molecule has 0 saturated carbocycles. The zero-order chi connectivity index (χ0) is 15.4. The van der Waals surface area contributed by atoms with Gasteiger partial charge in [0.15, 0.2) is 5.58 Å². The SMILES string of the molecule is Cc1ccc2c(n1)oc1c(-c3ccc4occc4n3)cccc12. The molecule has 23 heavy (non-hydrogen) atoms. The molecule has 4 heteroatoms. The average molecular weight is 300 g/mol. The predicted octanol–water partition coefficient (Wildman–Crippen LogP) is 5.10. The van der Waals surface area contributed by atoms with Gasteiger partial charge in [0.2, 0.25) is 5.71 Å². The van der Waals surface area contributed by atoms with Crippen LogP contribution in [0.3, 0.4) is 0 Å². The van der Waals surface area contributed by atoms with Gasteiger partial charge in [0.05, 0.1) is 12.0 Å². The molecule has 4 aromatic heterocycles. The molecule has 0 aliphatic rings. The maximum absolute atomic E-state index is 6.04. The van der Waals surface area contributed by atoms with Crippen molar-refractivity contribution in [2.45, 2.75) is 6.92 Å². The van der Waals surface area contributed by atoms with E-state index in [1.807, 2.05) is 43.3 Å². The molecule has 0 bridgehead atoms. The molecule has 0 unspecified atom stereocenters. The highest BCUT2D eigenvalue weighted by atomic mass is 16.3. The molecule has 0 amide bonds. The first kappa shape index (κ1) is 12.4. The molecule has 5 aromatic rings. The Hall–Kier alpha value is -3.14. The molecule has 0 N–H and O–H groups in total. The topological polar surface area (TPSA) is 52.1 Å². The smallest absolute Gasteiger partial charge is 0.227 e. The number of furan rings is 2. The highest BCUT2D eigenvalue weighted by Gasteiger charge is 2.14. The Balaban J connectivity index is 1.85. The summed E-state index contributed by atoms with van der Waals surface area (Å²) in [5, 5.41) is 2.08. The number of aromatic nitrogens is 2. The lowest BCUT2D eigenvalue weighted by molar-refractivity contribution is 0.615. The van der Waals surface area contributed by atoms with Gasteiger partial charge in [0.25, 0.3) is 0 Å². The molecule has 0 saturated heterocycles. The van der Waals surface area contributed by atoms with Crippen LogP contribution in [0, 0.1) is 6.92 Å². The molecule has 5 rings (SSSR count). The highest BCUT2D eigenvalue weighted by Crippen LogP contribution is 2.34. The van der Waals surface area contributed by atoms with Gasteiger partial charge in [0.1, 0.15) is 11.1 Å². The van der Waals surface area contributed by atoms with E-state index in [2.05, 4.69) is 22.1 Å². The van der Waals surface area contributed by atoms with Gasteiger partial charge < -0.3 is 8.83 Å². The number of fused-ring (bicyclic) bond motifs is 4. The van der Waals surface area contributed by atoms with Crippen LogP contribution >= 0.6 is 0 Å². The monoisotopic (exact) mass is 300 g/mol. The zero-order valence-electron chi connectivity index (χ0n) is 12.4. The van der Waals surface area contributed by atoms with Gasteiger partial charge in [-0.15, -0.1) is 0 Å². The first-order valence-electron chi connectivity index (χ1n) is 7.43. The lowest BCUT2D eigenvalue weighted by Gasteiger charge is -2.01. The van der Waals surface area contributed by atoms with Gasteiger partial charge in [-0.1, -0.05) is 12.1 Å². The van der Waals surface area contributed by atoms with Crippen LogP contribution in [-0.2, 0) is 0 Å². The second-order valence-corrected chi connectivity index (χ2v) is 5.59. The maximum Gasteiger partial charge on any atom is 0.227 e. The summed E-state index contributed by atoms with van der Waals surface area (Å²) in [6.07, 6.45) is 1.65. The number of rotatable bonds is 1. The van der Waals surface area contributed by atoms with Crippen LogP contribution in [0.25, 0.3) is 44.4 Å². The Kier molecular flexibility index (Phi) is 2.39. The molecule has 0 fully saturated rings. The number of hydrogen-bond acceptors (Lipinski definition) is 4. The van der Waals surface area contributed by atoms with Crippen LogP contribution in [0.15, 0.2) is 63.6 Å². The molecule has 110 valence electrons. The van der Waals surface area contributed by atoms with Crippen LogP contribution in [-0.4, -0.2) is 9.97 Å². The van der Waals surface area contributed by atoms with Crippen LogP contribution in [0.4, 0.5) is 0 Å². The summed E-state index contributed by atoms with van der Waals surface area (Å²) in [4.78, 5) is 9.16. The summed E-state index contributed by atoms with van der Waals surface area (Å²) in [5.41, 5.74) is 5.86. The lowest BCUT2D eigenvalue weighted by Crippen LogP contribution is -1.83. The van der Waals surface area contributed by atoms with Crippen LogP contribution in [0.2, 0.25) is 0 Å². The molecule has 0 aliphatic heterocycles. The fourth-order valence-electron chi connectivity index (χ4n) is 2.98. The highest BCUT2D eigenvalue weighted by molar-refractivity contribution is 6.08. The first-order chi connectivity index (χ1) is 11.3. The van der Waals surface area contributed by atoms with Crippen LogP contribution in [0.5, 0.6) is 0 Å². The standard InChI is InChI=1S/C19H12N2O2/c1-11-5-6-13-12-3-2-4-14(18(12)23-19(13)20-11)15-7-8-17-16(21-15)9-10-22-17/h2-10H,1H3. The fourth-order valence-corrected chi connectivity index (χ4v) is 2.98. The van der Waals surface area contributed by atoms with Crippen molar-refractivity contribution in [2.75, 3.05) is 0 Å². The summed E-state index contributed by atoms with van der Waals surface area (Å²) in [6.45, 7) is 1.96. The van der Waals surface area contributed by atoms with Gasteiger partial charge >= 0.3 is 0 Å².